The van der Waals surface area contributed by atoms with Crippen molar-refractivity contribution in [2.75, 3.05) is 0 Å². The molecule has 0 fully saturated rings. The van der Waals surface area contributed by atoms with Crippen LogP contribution in [0.4, 0.5) is 0 Å². The number of rotatable bonds is 2. The molecule has 1 heterocycles. The van der Waals surface area contributed by atoms with Crippen LogP contribution in [-0.4, -0.2) is 15.6 Å². The SMILES string of the molecule is Cc1cc(O)c(CC(=O)NN)c(=O)n1C. The average Bonchev–Trinajstić information content (AvgIpc) is 2.21. The topological polar surface area (TPSA) is 97.3 Å². The summed E-state index contributed by atoms with van der Waals surface area (Å²) in [5.74, 6) is 4.19. The number of hydrazine groups is 1. The Kier molecular flexibility index (Phi) is 3.11. The molecule has 6 nitrogen and oxygen atoms in total. The molecule has 0 bridgehead atoms. The summed E-state index contributed by atoms with van der Waals surface area (Å²) >= 11 is 0. The van der Waals surface area contributed by atoms with Crippen molar-refractivity contribution in [3.8, 4) is 5.75 Å². The van der Waals surface area contributed by atoms with Crippen molar-refractivity contribution in [2.24, 2.45) is 12.9 Å². The van der Waals surface area contributed by atoms with E-state index in [1.165, 1.54) is 10.6 Å². The molecule has 0 aromatic carbocycles. The third-order valence-electron chi connectivity index (χ3n) is 2.24. The first-order chi connectivity index (χ1) is 6.97. The molecule has 1 aromatic heterocycles. The first kappa shape index (κ1) is 11.3. The molecule has 0 unspecified atom stereocenters. The predicted molar refractivity (Wildman–Crippen MR) is 54.1 cm³/mol. The minimum absolute atomic E-state index is 0.0473. The van der Waals surface area contributed by atoms with E-state index in [0.717, 1.165) is 0 Å². The quantitative estimate of drug-likeness (QED) is 0.329. The highest BCUT2D eigenvalue weighted by atomic mass is 16.3. The fraction of sp³-hybridized carbons (Fsp3) is 0.333. The maximum Gasteiger partial charge on any atom is 0.257 e. The maximum atomic E-state index is 11.6. The van der Waals surface area contributed by atoms with Gasteiger partial charge in [0, 0.05) is 12.7 Å². The smallest absolute Gasteiger partial charge is 0.257 e. The van der Waals surface area contributed by atoms with Crippen molar-refractivity contribution in [1.82, 2.24) is 9.99 Å². The van der Waals surface area contributed by atoms with Crippen LogP contribution in [0.5, 0.6) is 5.75 Å². The lowest BCUT2D eigenvalue weighted by Crippen LogP contribution is -2.34. The number of pyridine rings is 1. The van der Waals surface area contributed by atoms with Gasteiger partial charge in [-0.05, 0) is 13.0 Å². The standard InChI is InChI=1S/C9H13N3O3/c1-5-3-7(13)6(4-8(14)11-10)9(15)12(5)2/h3,13H,4,10H2,1-2H3,(H,11,14). The molecule has 1 aromatic rings. The minimum Gasteiger partial charge on any atom is -0.507 e. The van der Waals surface area contributed by atoms with E-state index in [9.17, 15) is 14.7 Å². The second kappa shape index (κ2) is 4.14. The Morgan fingerprint density at radius 2 is 2.27 bits per heavy atom. The fourth-order valence-corrected chi connectivity index (χ4v) is 1.23. The Hall–Kier alpha value is -1.82. The van der Waals surface area contributed by atoms with Gasteiger partial charge in [-0.15, -0.1) is 0 Å². The summed E-state index contributed by atoms with van der Waals surface area (Å²) in [7, 11) is 1.57. The lowest BCUT2D eigenvalue weighted by molar-refractivity contribution is -0.120. The van der Waals surface area contributed by atoms with E-state index in [1.807, 2.05) is 5.43 Å². The largest absolute Gasteiger partial charge is 0.507 e. The lowest BCUT2D eigenvalue weighted by Gasteiger charge is -2.08. The normalized spacial score (nSPS) is 10.1. The molecule has 0 saturated carbocycles. The summed E-state index contributed by atoms with van der Waals surface area (Å²) in [5.41, 5.74) is 2.18. The fourth-order valence-electron chi connectivity index (χ4n) is 1.23. The summed E-state index contributed by atoms with van der Waals surface area (Å²) in [4.78, 5) is 22.6. The highest BCUT2D eigenvalue weighted by molar-refractivity contribution is 5.78. The van der Waals surface area contributed by atoms with E-state index in [4.69, 9.17) is 5.84 Å². The molecular formula is C9H13N3O3. The van der Waals surface area contributed by atoms with E-state index in [1.54, 1.807) is 14.0 Å². The number of aromatic nitrogens is 1. The minimum atomic E-state index is -0.522. The second-order valence-corrected chi connectivity index (χ2v) is 3.26. The van der Waals surface area contributed by atoms with Crippen LogP contribution in [-0.2, 0) is 18.3 Å². The maximum absolute atomic E-state index is 11.6. The molecule has 0 atom stereocenters. The number of hydrogen-bond acceptors (Lipinski definition) is 4. The number of nitrogens with two attached hydrogens (primary N) is 1. The number of nitrogens with one attached hydrogen (secondary N) is 1. The summed E-state index contributed by atoms with van der Waals surface area (Å²) < 4.78 is 1.36. The van der Waals surface area contributed by atoms with E-state index < -0.39 is 11.5 Å². The Labute approximate surface area is 86.3 Å². The summed E-state index contributed by atoms with van der Waals surface area (Å²) in [6, 6.07) is 1.43. The average molecular weight is 211 g/mol. The van der Waals surface area contributed by atoms with Crippen LogP contribution in [0.15, 0.2) is 10.9 Å². The van der Waals surface area contributed by atoms with Crippen molar-refractivity contribution < 1.29 is 9.90 Å². The molecule has 6 heteroatoms. The van der Waals surface area contributed by atoms with Gasteiger partial charge in [0.05, 0.1) is 12.0 Å². The summed E-state index contributed by atoms with van der Waals surface area (Å²) in [6.07, 6.45) is -0.227. The van der Waals surface area contributed by atoms with E-state index in [0.29, 0.717) is 5.69 Å². The van der Waals surface area contributed by atoms with Crippen LogP contribution in [0.3, 0.4) is 0 Å². The molecule has 4 N–H and O–H groups in total. The first-order valence-electron chi connectivity index (χ1n) is 4.35. The highest BCUT2D eigenvalue weighted by Gasteiger charge is 2.13. The van der Waals surface area contributed by atoms with Crippen molar-refractivity contribution in [3.05, 3.63) is 27.7 Å². The Morgan fingerprint density at radius 1 is 1.67 bits per heavy atom. The van der Waals surface area contributed by atoms with E-state index in [2.05, 4.69) is 0 Å². The molecule has 0 aliphatic rings. The molecule has 1 rings (SSSR count). The molecule has 82 valence electrons. The molecule has 0 aliphatic carbocycles. The van der Waals surface area contributed by atoms with Gasteiger partial charge in [0.2, 0.25) is 5.91 Å². The van der Waals surface area contributed by atoms with Gasteiger partial charge >= 0.3 is 0 Å². The van der Waals surface area contributed by atoms with Crippen LogP contribution >= 0.6 is 0 Å². The van der Waals surface area contributed by atoms with Gasteiger partial charge in [-0.2, -0.15) is 0 Å². The van der Waals surface area contributed by atoms with Crippen molar-refractivity contribution in [1.29, 1.82) is 0 Å². The highest BCUT2D eigenvalue weighted by Crippen LogP contribution is 2.14. The Balaban J connectivity index is 3.24. The molecular weight excluding hydrogens is 198 g/mol. The summed E-state index contributed by atoms with van der Waals surface area (Å²) in [6.45, 7) is 1.69. The number of carbonyl (C=O) groups excluding carboxylic acids is 1. The van der Waals surface area contributed by atoms with Crippen molar-refractivity contribution >= 4 is 5.91 Å². The van der Waals surface area contributed by atoms with Crippen LogP contribution in [0.2, 0.25) is 0 Å². The molecule has 0 saturated heterocycles. The number of aryl methyl sites for hydroxylation is 1. The molecule has 0 spiro atoms. The zero-order valence-corrected chi connectivity index (χ0v) is 8.57. The monoisotopic (exact) mass is 211 g/mol. The number of amides is 1. The first-order valence-corrected chi connectivity index (χ1v) is 4.35. The van der Waals surface area contributed by atoms with E-state index in [-0.39, 0.29) is 17.7 Å². The van der Waals surface area contributed by atoms with Gasteiger partial charge in [0.15, 0.2) is 0 Å². The third kappa shape index (κ3) is 2.16. The number of carbonyl (C=O) groups is 1. The van der Waals surface area contributed by atoms with Crippen LogP contribution in [0.25, 0.3) is 0 Å². The van der Waals surface area contributed by atoms with Gasteiger partial charge in [0.25, 0.3) is 5.56 Å². The van der Waals surface area contributed by atoms with Crippen molar-refractivity contribution in [2.45, 2.75) is 13.3 Å². The molecule has 1 amide bonds. The molecule has 0 radical (unpaired) electrons. The lowest BCUT2D eigenvalue weighted by atomic mass is 10.1. The van der Waals surface area contributed by atoms with Crippen LogP contribution < -0.4 is 16.8 Å². The van der Waals surface area contributed by atoms with Crippen molar-refractivity contribution in [3.63, 3.8) is 0 Å². The molecule has 0 aliphatic heterocycles. The van der Waals surface area contributed by atoms with Gasteiger partial charge in [-0.25, -0.2) is 5.84 Å². The molecule has 15 heavy (non-hydrogen) atoms. The van der Waals surface area contributed by atoms with Crippen LogP contribution in [0, 0.1) is 6.92 Å². The summed E-state index contributed by atoms with van der Waals surface area (Å²) in [5, 5.41) is 9.51. The Bertz CT molecular complexity index is 451. The zero-order chi connectivity index (χ0) is 11.6. The second-order valence-electron chi connectivity index (χ2n) is 3.26. The number of hydrogen-bond donors (Lipinski definition) is 3. The van der Waals surface area contributed by atoms with Gasteiger partial charge < -0.3 is 9.67 Å². The zero-order valence-electron chi connectivity index (χ0n) is 8.57. The van der Waals surface area contributed by atoms with Gasteiger partial charge in [0.1, 0.15) is 5.75 Å². The van der Waals surface area contributed by atoms with E-state index >= 15 is 0 Å². The number of aromatic hydroxyl groups is 1. The van der Waals surface area contributed by atoms with Gasteiger partial charge in [-0.3, -0.25) is 15.0 Å². The predicted octanol–water partition coefficient (Wildman–Crippen LogP) is -1.07. The van der Waals surface area contributed by atoms with Gasteiger partial charge in [-0.1, -0.05) is 0 Å². The van der Waals surface area contributed by atoms with Crippen LogP contribution in [0.1, 0.15) is 11.3 Å². The Morgan fingerprint density at radius 3 is 2.80 bits per heavy atom. The number of nitrogens with zero attached hydrogens (tertiary/aromatic N) is 1. The third-order valence-corrected chi connectivity index (χ3v) is 2.24.